The molecule has 0 aliphatic carbocycles. The van der Waals surface area contributed by atoms with Gasteiger partial charge in [0.1, 0.15) is 5.82 Å². The molecule has 3 rings (SSSR count). The summed E-state index contributed by atoms with van der Waals surface area (Å²) in [6, 6.07) is 17.5. The van der Waals surface area contributed by atoms with E-state index in [1.54, 1.807) is 0 Å². The number of nitrogens with zero attached hydrogens (tertiary/aromatic N) is 2. The zero-order chi connectivity index (χ0) is 16.1. The highest BCUT2D eigenvalue weighted by molar-refractivity contribution is 8.00. The van der Waals surface area contributed by atoms with E-state index < -0.39 is 10.8 Å². The highest BCUT2D eigenvalue weighted by atomic mass is 32.2. The van der Waals surface area contributed by atoms with E-state index in [0.717, 1.165) is 21.6 Å². The van der Waals surface area contributed by atoms with Crippen LogP contribution in [0.5, 0.6) is 0 Å². The van der Waals surface area contributed by atoms with Gasteiger partial charge in [-0.3, -0.25) is 4.21 Å². The highest BCUT2D eigenvalue weighted by Gasteiger charge is 2.08. The van der Waals surface area contributed by atoms with Crippen molar-refractivity contribution in [2.75, 3.05) is 23.9 Å². The number of aromatic nitrogens is 2. The minimum atomic E-state index is -0.983. The van der Waals surface area contributed by atoms with Crippen LogP contribution in [0, 0.1) is 0 Å². The molecule has 0 radical (unpaired) electrons. The third-order valence-electron chi connectivity index (χ3n) is 3.33. The van der Waals surface area contributed by atoms with Gasteiger partial charge in [-0.2, -0.15) is 0 Å². The molecular weight excluding hydrogens is 326 g/mol. The molecule has 1 atom stereocenters. The lowest BCUT2D eigenvalue weighted by Gasteiger charge is -2.07. The minimum absolute atomic E-state index is 0.583. The van der Waals surface area contributed by atoms with Crippen LogP contribution in [0.1, 0.15) is 0 Å². The zero-order valence-corrected chi connectivity index (χ0v) is 14.4. The summed E-state index contributed by atoms with van der Waals surface area (Å²) in [4.78, 5) is 9.96. The van der Waals surface area contributed by atoms with Gasteiger partial charge in [0.15, 0.2) is 5.16 Å². The predicted octanol–water partition coefficient (Wildman–Crippen LogP) is 3.57. The molecule has 1 N–H and O–H groups in total. The van der Waals surface area contributed by atoms with E-state index in [1.807, 2.05) is 61.6 Å². The molecule has 0 aliphatic rings. The van der Waals surface area contributed by atoms with E-state index in [0.29, 0.717) is 16.7 Å². The Bertz CT molecular complexity index is 824. The van der Waals surface area contributed by atoms with Gasteiger partial charge in [-0.15, -0.1) is 0 Å². The number of fused-ring (bicyclic) bond motifs is 1. The first-order valence-electron chi connectivity index (χ1n) is 7.28. The molecule has 0 bridgehead atoms. The largest absolute Gasteiger partial charge is 0.372 e. The van der Waals surface area contributed by atoms with Gasteiger partial charge < -0.3 is 5.32 Å². The van der Waals surface area contributed by atoms with Crippen LogP contribution in [0.3, 0.4) is 0 Å². The topological polar surface area (TPSA) is 54.9 Å². The second-order valence-corrected chi connectivity index (χ2v) is 7.47. The molecule has 2 aromatic carbocycles. The van der Waals surface area contributed by atoms with Crippen LogP contribution in [-0.4, -0.2) is 32.7 Å². The summed E-state index contributed by atoms with van der Waals surface area (Å²) in [5.41, 5.74) is 0.915. The van der Waals surface area contributed by atoms with Gasteiger partial charge in [-0.1, -0.05) is 42.1 Å². The quantitative estimate of drug-likeness (QED) is 0.548. The van der Waals surface area contributed by atoms with Crippen molar-refractivity contribution in [2.24, 2.45) is 0 Å². The average molecular weight is 343 g/mol. The molecule has 0 saturated carbocycles. The number of nitrogens with one attached hydrogen (secondary N) is 1. The van der Waals surface area contributed by atoms with Gasteiger partial charge in [-0.05, 0) is 24.3 Å². The number of hydrogen-bond acceptors (Lipinski definition) is 5. The summed E-state index contributed by atoms with van der Waals surface area (Å²) >= 11 is 1.53. The lowest BCUT2D eigenvalue weighted by molar-refractivity contribution is 0.684. The minimum Gasteiger partial charge on any atom is -0.372 e. The molecule has 23 heavy (non-hydrogen) atoms. The number of para-hydroxylation sites is 1. The van der Waals surface area contributed by atoms with E-state index in [-0.39, 0.29) is 0 Å². The van der Waals surface area contributed by atoms with Crippen molar-refractivity contribution >= 4 is 39.3 Å². The Morgan fingerprint density at radius 2 is 1.78 bits per heavy atom. The molecule has 0 spiro atoms. The standard InChI is InChI=1S/C17H17N3OS2/c1-18-16-14-9-5-6-10-15(14)19-17(20-16)22-11-12-23(21)13-7-3-2-4-8-13/h2-10H,11-12H2,1H3,(H,18,19,20)/t23-/m0/s1. The first kappa shape index (κ1) is 16.0. The molecule has 0 unspecified atom stereocenters. The summed E-state index contributed by atoms with van der Waals surface area (Å²) < 4.78 is 12.2. The van der Waals surface area contributed by atoms with Crippen molar-refractivity contribution in [1.29, 1.82) is 0 Å². The predicted molar refractivity (Wildman–Crippen MR) is 97.5 cm³/mol. The van der Waals surface area contributed by atoms with Crippen LogP contribution in [0.25, 0.3) is 10.9 Å². The second-order valence-electron chi connectivity index (χ2n) is 4.83. The van der Waals surface area contributed by atoms with Gasteiger partial charge >= 0.3 is 0 Å². The van der Waals surface area contributed by atoms with Crippen LogP contribution in [0.2, 0.25) is 0 Å². The molecule has 4 nitrogen and oxygen atoms in total. The van der Waals surface area contributed by atoms with Crippen LogP contribution < -0.4 is 5.32 Å². The molecular formula is C17H17N3OS2. The van der Waals surface area contributed by atoms with Crippen molar-refractivity contribution in [3.05, 3.63) is 54.6 Å². The number of hydrogen-bond donors (Lipinski definition) is 1. The fraction of sp³-hybridized carbons (Fsp3) is 0.176. The Hall–Kier alpha value is -1.92. The number of benzene rings is 2. The maximum absolute atomic E-state index is 12.2. The lowest BCUT2D eigenvalue weighted by atomic mass is 10.2. The number of anilines is 1. The van der Waals surface area contributed by atoms with E-state index >= 15 is 0 Å². The van der Waals surface area contributed by atoms with Crippen molar-refractivity contribution in [3.63, 3.8) is 0 Å². The number of thioether (sulfide) groups is 1. The molecule has 6 heteroatoms. The smallest absolute Gasteiger partial charge is 0.190 e. The second kappa shape index (κ2) is 7.57. The molecule has 0 aliphatic heterocycles. The molecule has 0 saturated heterocycles. The van der Waals surface area contributed by atoms with Crippen LogP contribution in [0.4, 0.5) is 5.82 Å². The van der Waals surface area contributed by atoms with E-state index in [4.69, 9.17) is 0 Å². The van der Waals surface area contributed by atoms with Gasteiger partial charge in [0.05, 0.1) is 16.3 Å². The Kier molecular flexibility index (Phi) is 5.25. The van der Waals surface area contributed by atoms with E-state index in [1.165, 1.54) is 11.8 Å². The Labute approximate surface area is 142 Å². The summed E-state index contributed by atoms with van der Waals surface area (Å²) in [7, 11) is 0.872. The Balaban J connectivity index is 1.69. The summed E-state index contributed by atoms with van der Waals surface area (Å²) in [5, 5.41) is 4.82. The molecule has 1 aromatic heterocycles. The summed E-state index contributed by atoms with van der Waals surface area (Å²) in [6.45, 7) is 0. The Morgan fingerprint density at radius 3 is 2.57 bits per heavy atom. The first-order chi connectivity index (χ1) is 11.3. The fourth-order valence-corrected chi connectivity index (χ4v) is 4.35. The maximum atomic E-state index is 12.2. The SMILES string of the molecule is CNc1nc(SCC[S@](=O)c2ccccc2)nc2ccccc12. The van der Waals surface area contributed by atoms with Gasteiger partial charge in [0, 0.05) is 28.8 Å². The molecule has 1 heterocycles. The van der Waals surface area contributed by atoms with Crippen LogP contribution in [0.15, 0.2) is 64.6 Å². The van der Waals surface area contributed by atoms with Gasteiger partial charge in [0.2, 0.25) is 0 Å². The fourth-order valence-electron chi connectivity index (χ4n) is 2.21. The molecule has 118 valence electrons. The lowest BCUT2D eigenvalue weighted by Crippen LogP contribution is -2.02. The van der Waals surface area contributed by atoms with Crippen LogP contribution >= 0.6 is 11.8 Å². The molecule has 0 amide bonds. The van der Waals surface area contributed by atoms with Crippen molar-refractivity contribution in [3.8, 4) is 0 Å². The first-order valence-corrected chi connectivity index (χ1v) is 9.59. The molecule has 0 fully saturated rings. The zero-order valence-electron chi connectivity index (χ0n) is 12.7. The van der Waals surface area contributed by atoms with Crippen molar-refractivity contribution < 1.29 is 4.21 Å². The van der Waals surface area contributed by atoms with E-state index in [2.05, 4.69) is 15.3 Å². The average Bonchev–Trinajstić information content (AvgIpc) is 2.61. The Morgan fingerprint density at radius 1 is 1.04 bits per heavy atom. The van der Waals surface area contributed by atoms with Crippen LogP contribution in [-0.2, 0) is 10.8 Å². The van der Waals surface area contributed by atoms with Gasteiger partial charge in [-0.25, -0.2) is 9.97 Å². The third kappa shape index (κ3) is 3.89. The number of rotatable bonds is 6. The summed E-state index contributed by atoms with van der Waals surface area (Å²) in [5.74, 6) is 2.12. The van der Waals surface area contributed by atoms with E-state index in [9.17, 15) is 4.21 Å². The molecule has 3 aromatic rings. The highest BCUT2D eigenvalue weighted by Crippen LogP contribution is 2.24. The third-order valence-corrected chi connectivity index (χ3v) is 5.81. The monoisotopic (exact) mass is 343 g/mol. The van der Waals surface area contributed by atoms with Crippen molar-refractivity contribution in [2.45, 2.75) is 10.1 Å². The van der Waals surface area contributed by atoms with Gasteiger partial charge in [0.25, 0.3) is 0 Å². The summed E-state index contributed by atoms with van der Waals surface area (Å²) in [6.07, 6.45) is 0. The van der Waals surface area contributed by atoms with Crippen molar-refractivity contribution in [1.82, 2.24) is 9.97 Å². The normalized spacial score (nSPS) is 12.2. The maximum Gasteiger partial charge on any atom is 0.190 e.